The minimum absolute atomic E-state index is 0.0737. The van der Waals surface area contributed by atoms with E-state index in [4.69, 9.17) is 18.9 Å². The van der Waals surface area contributed by atoms with Crippen molar-refractivity contribution >= 4 is 0 Å². The van der Waals surface area contributed by atoms with E-state index in [1.165, 1.54) is 0 Å². The molecule has 5 rings (SSSR count). The van der Waals surface area contributed by atoms with Crippen molar-refractivity contribution in [2.75, 3.05) is 13.6 Å². The second-order valence-electron chi connectivity index (χ2n) is 8.63. The van der Waals surface area contributed by atoms with E-state index in [2.05, 4.69) is 5.32 Å². The molecule has 4 atom stereocenters. The largest absolute Gasteiger partial charge is 0.454 e. The molecule has 2 aromatic rings. The van der Waals surface area contributed by atoms with Crippen LogP contribution in [0.1, 0.15) is 37.1 Å². The average molecular weight is 443 g/mol. The van der Waals surface area contributed by atoms with Gasteiger partial charge in [-0.2, -0.15) is 0 Å². The van der Waals surface area contributed by atoms with Crippen LogP contribution in [0.4, 0.5) is 0 Å². The summed E-state index contributed by atoms with van der Waals surface area (Å²) >= 11 is 0. The van der Waals surface area contributed by atoms with Crippen molar-refractivity contribution in [2.45, 2.75) is 38.0 Å². The third kappa shape index (κ3) is 3.08. The Morgan fingerprint density at radius 1 is 0.781 bits per heavy atom. The summed E-state index contributed by atoms with van der Waals surface area (Å²) in [5.74, 6) is 2.08. The number of benzene rings is 2. The minimum atomic E-state index is -1.29. The summed E-state index contributed by atoms with van der Waals surface area (Å²) in [6.07, 6.45) is 0. The number of nitrogens with zero attached hydrogens (tertiary/aromatic N) is 2. The lowest BCUT2D eigenvalue weighted by Crippen LogP contribution is -2.63. The Morgan fingerprint density at radius 2 is 1.19 bits per heavy atom. The van der Waals surface area contributed by atoms with E-state index in [9.17, 15) is 20.2 Å². The number of hydrogen-bond acceptors (Lipinski definition) is 9. The van der Waals surface area contributed by atoms with Crippen LogP contribution >= 0.6 is 0 Å². The predicted molar refractivity (Wildman–Crippen MR) is 109 cm³/mol. The van der Waals surface area contributed by atoms with E-state index in [1.54, 1.807) is 50.2 Å². The number of piperidine rings is 1. The molecule has 0 amide bonds. The van der Waals surface area contributed by atoms with Crippen molar-refractivity contribution in [1.82, 2.24) is 5.32 Å². The smallest absolute Gasteiger partial charge is 0.243 e. The molecule has 0 aromatic heterocycles. The van der Waals surface area contributed by atoms with Gasteiger partial charge in [-0.05, 0) is 49.2 Å². The van der Waals surface area contributed by atoms with Crippen LogP contribution in [0.3, 0.4) is 0 Å². The van der Waals surface area contributed by atoms with Gasteiger partial charge in [0.2, 0.25) is 25.7 Å². The van der Waals surface area contributed by atoms with Gasteiger partial charge in [0.05, 0.1) is 0 Å². The molecule has 0 radical (unpaired) electrons. The second kappa shape index (κ2) is 7.23. The highest BCUT2D eigenvalue weighted by Gasteiger charge is 2.63. The molecule has 32 heavy (non-hydrogen) atoms. The molecular formula is C21H21N3O8. The van der Waals surface area contributed by atoms with Crippen molar-refractivity contribution in [2.24, 2.45) is 5.41 Å². The standard InChI is InChI=1S/C21H21N3O8/c1-21(2)19(23(25)26)17(11-3-5-13-15(7-11)31-9-29-13)22-18(20(21)24(27)28)12-4-6-14-16(8-12)32-10-30-14/h3-8,17-20,22H,9-10H2,1-2H3/t17-,18-,19-,20+/m0/s1. The summed E-state index contributed by atoms with van der Waals surface area (Å²) in [4.78, 5) is 23.5. The maximum atomic E-state index is 12.2. The number of nitro groups is 2. The minimum Gasteiger partial charge on any atom is -0.454 e. The van der Waals surface area contributed by atoms with Gasteiger partial charge in [-0.1, -0.05) is 12.1 Å². The molecule has 1 N–H and O–H groups in total. The molecule has 1 fully saturated rings. The van der Waals surface area contributed by atoms with E-state index >= 15 is 0 Å². The quantitative estimate of drug-likeness (QED) is 0.559. The maximum Gasteiger partial charge on any atom is 0.243 e. The zero-order valence-corrected chi connectivity index (χ0v) is 17.3. The molecule has 0 bridgehead atoms. The van der Waals surface area contributed by atoms with Crippen LogP contribution in [-0.4, -0.2) is 35.5 Å². The summed E-state index contributed by atoms with van der Waals surface area (Å²) < 4.78 is 21.6. The molecule has 0 unspecified atom stereocenters. The Balaban J connectivity index is 1.62. The van der Waals surface area contributed by atoms with Gasteiger partial charge in [0, 0.05) is 9.85 Å². The molecule has 0 spiro atoms. The molecule has 11 nitrogen and oxygen atoms in total. The molecule has 3 aliphatic heterocycles. The Labute approximate surface area is 182 Å². The Bertz CT molecular complexity index is 1020. The van der Waals surface area contributed by atoms with Gasteiger partial charge in [0.25, 0.3) is 0 Å². The number of rotatable bonds is 4. The first-order valence-electron chi connectivity index (χ1n) is 10.1. The van der Waals surface area contributed by atoms with E-state index < -0.39 is 39.4 Å². The highest BCUT2D eigenvalue weighted by atomic mass is 16.7. The van der Waals surface area contributed by atoms with E-state index in [0.29, 0.717) is 34.1 Å². The van der Waals surface area contributed by atoms with E-state index in [0.717, 1.165) is 0 Å². The van der Waals surface area contributed by atoms with E-state index in [1.807, 2.05) is 0 Å². The van der Waals surface area contributed by atoms with E-state index in [-0.39, 0.29) is 13.6 Å². The molecule has 2 aromatic carbocycles. The SMILES string of the molecule is CC1(C)[C@@H]([N+](=O)[O-])[C@H](c2ccc3c(c2)OCO3)N[C@@H](c2ccc3c(c2)OCO3)[C@H]1[N+](=O)[O-]. The normalized spacial score (nSPS) is 27.2. The summed E-state index contributed by atoms with van der Waals surface area (Å²) in [5, 5.41) is 27.6. The summed E-state index contributed by atoms with van der Waals surface area (Å²) in [6.45, 7) is 3.30. The molecule has 168 valence electrons. The summed E-state index contributed by atoms with van der Waals surface area (Å²) in [5.41, 5.74) is -0.103. The van der Waals surface area contributed by atoms with Gasteiger partial charge >= 0.3 is 0 Å². The van der Waals surface area contributed by atoms with Gasteiger partial charge in [0.1, 0.15) is 17.5 Å². The summed E-state index contributed by atoms with van der Waals surface area (Å²) in [7, 11) is 0. The average Bonchev–Trinajstić information content (AvgIpc) is 3.39. The fourth-order valence-corrected chi connectivity index (χ4v) is 4.97. The lowest BCUT2D eigenvalue weighted by atomic mass is 9.66. The van der Waals surface area contributed by atoms with Crippen molar-refractivity contribution < 1.29 is 28.8 Å². The van der Waals surface area contributed by atoms with Crippen LogP contribution in [0.15, 0.2) is 36.4 Å². The zero-order valence-electron chi connectivity index (χ0n) is 17.3. The highest BCUT2D eigenvalue weighted by Crippen LogP contribution is 2.49. The van der Waals surface area contributed by atoms with Crippen molar-refractivity contribution in [3.05, 3.63) is 67.8 Å². The van der Waals surface area contributed by atoms with Crippen LogP contribution < -0.4 is 24.3 Å². The third-order valence-corrected chi connectivity index (χ3v) is 6.48. The van der Waals surface area contributed by atoms with Gasteiger partial charge < -0.3 is 18.9 Å². The highest BCUT2D eigenvalue weighted by molar-refractivity contribution is 5.47. The van der Waals surface area contributed by atoms with Crippen LogP contribution in [0.5, 0.6) is 23.0 Å². The zero-order chi connectivity index (χ0) is 22.6. The number of ether oxygens (including phenoxy) is 4. The van der Waals surface area contributed by atoms with Gasteiger partial charge in [0.15, 0.2) is 23.0 Å². The molecule has 0 aliphatic carbocycles. The fraction of sp³-hybridized carbons (Fsp3) is 0.429. The number of nitrogens with one attached hydrogen (secondary N) is 1. The number of hydrogen-bond donors (Lipinski definition) is 1. The van der Waals surface area contributed by atoms with Gasteiger partial charge in [-0.3, -0.25) is 25.5 Å². The van der Waals surface area contributed by atoms with Crippen LogP contribution in [0.2, 0.25) is 0 Å². The molecule has 3 heterocycles. The van der Waals surface area contributed by atoms with Gasteiger partial charge in [-0.25, -0.2) is 0 Å². The topological polar surface area (TPSA) is 135 Å². The lowest BCUT2D eigenvalue weighted by Gasteiger charge is -2.44. The third-order valence-electron chi connectivity index (χ3n) is 6.48. The molecule has 11 heteroatoms. The second-order valence-corrected chi connectivity index (χ2v) is 8.63. The monoisotopic (exact) mass is 443 g/mol. The Morgan fingerprint density at radius 3 is 1.59 bits per heavy atom. The predicted octanol–water partition coefficient (Wildman–Crippen LogP) is 2.85. The lowest BCUT2D eigenvalue weighted by molar-refractivity contribution is -0.605. The van der Waals surface area contributed by atoms with Crippen molar-refractivity contribution in [3.63, 3.8) is 0 Å². The molecule has 0 saturated carbocycles. The Hall–Kier alpha value is -3.60. The maximum absolute atomic E-state index is 12.2. The summed E-state index contributed by atoms with van der Waals surface area (Å²) in [6, 6.07) is 6.08. The van der Waals surface area contributed by atoms with Crippen molar-refractivity contribution in [3.8, 4) is 23.0 Å². The van der Waals surface area contributed by atoms with Crippen molar-refractivity contribution in [1.29, 1.82) is 0 Å². The van der Waals surface area contributed by atoms with Crippen LogP contribution in [0.25, 0.3) is 0 Å². The molecule has 1 saturated heterocycles. The number of fused-ring (bicyclic) bond motifs is 2. The fourth-order valence-electron chi connectivity index (χ4n) is 4.97. The Kier molecular flexibility index (Phi) is 4.59. The van der Waals surface area contributed by atoms with Crippen LogP contribution in [0, 0.1) is 25.6 Å². The van der Waals surface area contributed by atoms with Crippen LogP contribution in [-0.2, 0) is 0 Å². The molecular weight excluding hydrogens is 422 g/mol. The molecule has 3 aliphatic rings. The van der Waals surface area contributed by atoms with Gasteiger partial charge in [-0.15, -0.1) is 0 Å². The first-order valence-corrected chi connectivity index (χ1v) is 10.1. The first kappa shape index (κ1) is 20.3. The first-order chi connectivity index (χ1) is 15.3.